The molecule has 0 spiro atoms. The van der Waals surface area contributed by atoms with E-state index in [0.717, 1.165) is 11.3 Å². The molecule has 0 radical (unpaired) electrons. The van der Waals surface area contributed by atoms with E-state index in [-0.39, 0.29) is 5.91 Å². The van der Waals surface area contributed by atoms with Crippen molar-refractivity contribution in [3.63, 3.8) is 0 Å². The molecule has 0 unspecified atom stereocenters. The van der Waals surface area contributed by atoms with Crippen molar-refractivity contribution < 1.29 is 13.9 Å². The maximum Gasteiger partial charge on any atom is 0.254 e. The molecule has 3 aromatic rings. The maximum absolute atomic E-state index is 13.5. The Hall–Kier alpha value is -3.89. The summed E-state index contributed by atoms with van der Waals surface area (Å²) in [5.74, 6) is 1.11. The predicted molar refractivity (Wildman–Crippen MR) is 129 cm³/mol. The molecule has 0 bridgehead atoms. The lowest BCUT2D eigenvalue weighted by atomic mass is 9.81. The fraction of sp³-hybridized carbons (Fsp3) is 0.154. The number of methoxy groups -OCH3 is 1. The Balaban J connectivity index is 1.77. The van der Waals surface area contributed by atoms with Gasteiger partial charge in [-0.2, -0.15) is 5.26 Å². The first kappa shape index (κ1) is 22.3. The molecule has 2 heterocycles. The molecule has 1 atom stereocenters. The summed E-state index contributed by atoms with van der Waals surface area (Å²) in [5.41, 5.74) is 3.05. The van der Waals surface area contributed by atoms with E-state index in [0.29, 0.717) is 39.1 Å². The molecule has 1 aliphatic heterocycles. The van der Waals surface area contributed by atoms with E-state index in [1.165, 1.54) is 11.8 Å². The second-order valence-corrected chi connectivity index (χ2v) is 8.37. The van der Waals surface area contributed by atoms with Crippen LogP contribution in [-0.2, 0) is 10.5 Å². The Labute approximate surface area is 196 Å². The Morgan fingerprint density at radius 1 is 1.15 bits per heavy atom. The molecule has 7 heteroatoms. The fourth-order valence-electron chi connectivity index (χ4n) is 3.80. The minimum Gasteiger partial charge on any atom is -0.496 e. The predicted octanol–water partition coefficient (Wildman–Crippen LogP) is 5.56. The first-order chi connectivity index (χ1) is 16.1. The standard InChI is InChI=1S/C26H23N3O3S/c1-17-23(25(30)29-18-9-4-3-5-10-18)24(20-12-6-7-13-22(20)31-2)21(15-27)26(28-17)33-16-19-11-8-14-32-19/h3-14,24,28H,16H2,1-2H3,(H,29,30)/t24-/m1/s1. The molecular formula is C26H23N3O3S. The first-order valence-corrected chi connectivity index (χ1v) is 11.4. The SMILES string of the molecule is COc1ccccc1[C@@H]1C(C#N)=C(SCc2ccco2)NC(C)=C1C(=O)Nc1ccccc1. The molecule has 6 nitrogen and oxygen atoms in total. The zero-order chi connectivity index (χ0) is 23.2. The summed E-state index contributed by atoms with van der Waals surface area (Å²) in [6.07, 6.45) is 1.62. The van der Waals surface area contributed by atoms with Crippen LogP contribution in [0.5, 0.6) is 5.75 Å². The molecule has 1 amide bonds. The number of furan rings is 1. The Kier molecular flexibility index (Phi) is 6.86. The van der Waals surface area contributed by atoms with Crippen LogP contribution in [0.2, 0.25) is 0 Å². The molecule has 166 valence electrons. The number of allylic oxidation sites excluding steroid dienone is 2. The van der Waals surface area contributed by atoms with Gasteiger partial charge in [-0.05, 0) is 37.3 Å². The monoisotopic (exact) mass is 457 g/mol. The summed E-state index contributed by atoms with van der Waals surface area (Å²) in [5, 5.41) is 17.2. The van der Waals surface area contributed by atoms with E-state index in [1.807, 2.05) is 73.7 Å². The summed E-state index contributed by atoms with van der Waals surface area (Å²) >= 11 is 1.47. The molecule has 0 fully saturated rings. The fourth-order valence-corrected chi connectivity index (χ4v) is 4.80. The van der Waals surface area contributed by atoms with Gasteiger partial charge in [-0.15, -0.1) is 0 Å². The van der Waals surface area contributed by atoms with Crippen molar-refractivity contribution in [1.29, 1.82) is 5.26 Å². The summed E-state index contributed by atoms with van der Waals surface area (Å²) in [7, 11) is 1.59. The van der Waals surface area contributed by atoms with Crippen molar-refractivity contribution in [3.05, 3.63) is 106 Å². The average molecular weight is 458 g/mol. The molecule has 33 heavy (non-hydrogen) atoms. The van der Waals surface area contributed by atoms with Crippen molar-refractivity contribution in [2.75, 3.05) is 12.4 Å². The van der Waals surface area contributed by atoms with Gasteiger partial charge in [0.2, 0.25) is 0 Å². The van der Waals surface area contributed by atoms with Gasteiger partial charge in [0.1, 0.15) is 11.5 Å². The number of hydrogen-bond donors (Lipinski definition) is 2. The minimum atomic E-state index is -0.588. The van der Waals surface area contributed by atoms with E-state index >= 15 is 0 Å². The smallest absolute Gasteiger partial charge is 0.254 e. The van der Waals surface area contributed by atoms with Crippen molar-refractivity contribution in [3.8, 4) is 11.8 Å². The molecule has 1 aliphatic rings. The topological polar surface area (TPSA) is 87.3 Å². The number of nitriles is 1. The zero-order valence-corrected chi connectivity index (χ0v) is 19.1. The van der Waals surface area contributed by atoms with Gasteiger partial charge in [0.15, 0.2) is 0 Å². The van der Waals surface area contributed by atoms with Crippen LogP contribution in [0.1, 0.15) is 24.2 Å². The van der Waals surface area contributed by atoms with Crippen LogP contribution in [0, 0.1) is 11.3 Å². The third-order valence-electron chi connectivity index (χ3n) is 5.31. The lowest BCUT2D eigenvalue weighted by molar-refractivity contribution is -0.113. The lowest BCUT2D eigenvalue weighted by Gasteiger charge is -2.30. The van der Waals surface area contributed by atoms with Crippen molar-refractivity contribution in [1.82, 2.24) is 5.32 Å². The van der Waals surface area contributed by atoms with Crippen LogP contribution in [0.3, 0.4) is 0 Å². The second kappa shape index (κ2) is 10.2. The van der Waals surface area contributed by atoms with Gasteiger partial charge in [0, 0.05) is 22.5 Å². The lowest BCUT2D eigenvalue weighted by Crippen LogP contribution is -2.30. The van der Waals surface area contributed by atoms with Crippen molar-refractivity contribution >= 4 is 23.4 Å². The molecule has 4 rings (SSSR count). The number of thioether (sulfide) groups is 1. The highest BCUT2D eigenvalue weighted by Gasteiger charge is 2.36. The van der Waals surface area contributed by atoms with Crippen LogP contribution in [0.4, 0.5) is 5.69 Å². The molecule has 1 aromatic heterocycles. The molecular weight excluding hydrogens is 434 g/mol. The van der Waals surface area contributed by atoms with E-state index in [4.69, 9.17) is 9.15 Å². The second-order valence-electron chi connectivity index (χ2n) is 7.38. The average Bonchev–Trinajstić information content (AvgIpc) is 3.36. The number of nitrogens with zero attached hydrogens (tertiary/aromatic N) is 1. The maximum atomic E-state index is 13.5. The number of nitrogens with one attached hydrogen (secondary N) is 2. The number of benzene rings is 2. The highest BCUT2D eigenvalue weighted by molar-refractivity contribution is 8.02. The molecule has 2 aromatic carbocycles. The van der Waals surface area contributed by atoms with Crippen LogP contribution in [0.15, 0.2) is 99.3 Å². The number of carbonyl (C=O) groups excluding carboxylic acids is 1. The zero-order valence-electron chi connectivity index (χ0n) is 18.3. The number of amides is 1. The number of carbonyl (C=O) groups is 1. The summed E-state index contributed by atoms with van der Waals surface area (Å²) in [4.78, 5) is 13.5. The summed E-state index contributed by atoms with van der Waals surface area (Å²) in [6, 6.07) is 22.8. The number of ether oxygens (including phenoxy) is 1. The van der Waals surface area contributed by atoms with Crippen molar-refractivity contribution in [2.45, 2.75) is 18.6 Å². The van der Waals surface area contributed by atoms with Crippen LogP contribution in [-0.4, -0.2) is 13.0 Å². The van der Waals surface area contributed by atoms with E-state index in [1.54, 1.807) is 13.4 Å². The quantitative estimate of drug-likeness (QED) is 0.483. The third-order valence-corrected chi connectivity index (χ3v) is 6.35. The van der Waals surface area contributed by atoms with Gasteiger partial charge in [0.05, 0.1) is 41.7 Å². The Morgan fingerprint density at radius 2 is 1.91 bits per heavy atom. The number of anilines is 1. The van der Waals surface area contributed by atoms with Gasteiger partial charge in [-0.3, -0.25) is 4.79 Å². The van der Waals surface area contributed by atoms with Crippen LogP contribution < -0.4 is 15.4 Å². The molecule has 0 aliphatic carbocycles. The minimum absolute atomic E-state index is 0.273. The largest absolute Gasteiger partial charge is 0.496 e. The first-order valence-electron chi connectivity index (χ1n) is 10.4. The van der Waals surface area contributed by atoms with Gasteiger partial charge in [-0.1, -0.05) is 48.2 Å². The van der Waals surface area contributed by atoms with E-state index in [2.05, 4.69) is 16.7 Å². The number of dihydropyridines is 1. The van der Waals surface area contributed by atoms with Gasteiger partial charge < -0.3 is 19.8 Å². The van der Waals surface area contributed by atoms with E-state index in [9.17, 15) is 10.1 Å². The number of para-hydroxylation sites is 2. The Bertz CT molecular complexity index is 1240. The van der Waals surface area contributed by atoms with Crippen LogP contribution in [0.25, 0.3) is 0 Å². The Morgan fingerprint density at radius 3 is 2.61 bits per heavy atom. The molecule has 0 saturated carbocycles. The number of hydrogen-bond acceptors (Lipinski definition) is 6. The molecule has 0 saturated heterocycles. The highest BCUT2D eigenvalue weighted by atomic mass is 32.2. The van der Waals surface area contributed by atoms with Gasteiger partial charge in [-0.25, -0.2) is 0 Å². The molecule has 2 N–H and O–H groups in total. The summed E-state index contributed by atoms with van der Waals surface area (Å²) in [6.45, 7) is 1.85. The normalized spacial score (nSPS) is 15.6. The van der Waals surface area contributed by atoms with Crippen LogP contribution >= 0.6 is 11.8 Å². The third kappa shape index (κ3) is 4.81. The van der Waals surface area contributed by atoms with Crippen molar-refractivity contribution in [2.24, 2.45) is 0 Å². The highest BCUT2D eigenvalue weighted by Crippen LogP contribution is 2.44. The summed E-state index contributed by atoms with van der Waals surface area (Å²) < 4.78 is 11.0. The van der Waals surface area contributed by atoms with E-state index < -0.39 is 5.92 Å². The van der Waals surface area contributed by atoms with Gasteiger partial charge >= 0.3 is 0 Å². The van der Waals surface area contributed by atoms with Gasteiger partial charge in [0.25, 0.3) is 5.91 Å². The number of rotatable bonds is 7.